The maximum Gasteiger partial charge on any atom is 0.420 e. The average Bonchev–Trinajstić information content (AvgIpc) is 2.62. The van der Waals surface area contributed by atoms with Gasteiger partial charge in [-0.05, 0) is 33.8 Å². The number of carbonyl (C=O) groups is 1. The van der Waals surface area contributed by atoms with Crippen LogP contribution in [-0.2, 0) is 16.1 Å². The summed E-state index contributed by atoms with van der Waals surface area (Å²) in [5.74, 6) is -0.609. The Kier molecular flexibility index (Phi) is 7.49. The monoisotopic (exact) mass is 295 g/mol. The van der Waals surface area contributed by atoms with Gasteiger partial charge in [0.25, 0.3) is 0 Å². The fraction of sp³-hybridized carbons (Fsp3) is 0.500. The first kappa shape index (κ1) is 19.0. The Bertz CT molecular complexity index is 556. The number of allylic oxidation sites excluding steroid dienone is 2. The molecule has 21 heavy (non-hydrogen) atoms. The molecule has 1 aromatic rings. The Morgan fingerprint density at radius 2 is 1.95 bits per heavy atom. The van der Waals surface area contributed by atoms with Crippen molar-refractivity contribution in [2.75, 3.05) is 0 Å². The van der Waals surface area contributed by atoms with Crippen molar-refractivity contribution in [1.29, 1.82) is 0 Å². The Morgan fingerprint density at radius 1 is 1.38 bits per heavy atom. The highest BCUT2D eigenvalue weighted by Crippen LogP contribution is 2.11. The number of oxazole rings is 1. The van der Waals surface area contributed by atoms with Crippen molar-refractivity contribution in [2.24, 2.45) is 0 Å². The summed E-state index contributed by atoms with van der Waals surface area (Å²) in [6, 6.07) is 0. The number of ether oxygens (including phenoxy) is 1. The van der Waals surface area contributed by atoms with Gasteiger partial charge in [0, 0.05) is 0 Å². The van der Waals surface area contributed by atoms with Gasteiger partial charge in [-0.2, -0.15) is 0 Å². The third kappa shape index (κ3) is 6.29. The minimum atomic E-state index is -0.587. The van der Waals surface area contributed by atoms with Crippen molar-refractivity contribution in [3.63, 3.8) is 0 Å². The van der Waals surface area contributed by atoms with E-state index < -0.39 is 17.3 Å². The summed E-state index contributed by atoms with van der Waals surface area (Å²) < 4.78 is 11.4. The molecule has 0 aliphatic carbocycles. The van der Waals surface area contributed by atoms with Gasteiger partial charge < -0.3 is 9.15 Å². The van der Waals surface area contributed by atoms with E-state index in [9.17, 15) is 9.59 Å². The highest BCUT2D eigenvalue weighted by Gasteiger charge is 2.19. The number of aromatic nitrogens is 1. The van der Waals surface area contributed by atoms with Gasteiger partial charge in [-0.1, -0.05) is 32.6 Å². The van der Waals surface area contributed by atoms with E-state index in [1.165, 1.54) is 4.57 Å². The summed E-state index contributed by atoms with van der Waals surface area (Å²) in [5, 5.41) is 0. The second-order valence-corrected chi connectivity index (χ2v) is 5.08. The van der Waals surface area contributed by atoms with Crippen LogP contribution >= 0.6 is 0 Å². The zero-order valence-corrected chi connectivity index (χ0v) is 13.7. The standard InChI is InChI=1S/C14H19NO4.C2H6/c1-6-7-8-11-10(2)18-13(17)15(11)9-12(16)19-14(3,4)5;1-2/h6-8H,1,9H2,2-5H3;1-2H3/b8-7-;. The topological polar surface area (TPSA) is 61.4 Å². The summed E-state index contributed by atoms with van der Waals surface area (Å²) in [6.45, 7) is 14.4. The minimum absolute atomic E-state index is 0.176. The van der Waals surface area contributed by atoms with Crippen LogP contribution in [0.5, 0.6) is 0 Å². The number of esters is 1. The minimum Gasteiger partial charge on any atom is -0.459 e. The summed E-state index contributed by atoms with van der Waals surface area (Å²) in [6.07, 6.45) is 4.91. The van der Waals surface area contributed by atoms with Crippen LogP contribution in [-0.4, -0.2) is 16.1 Å². The Labute approximate surface area is 125 Å². The zero-order valence-electron chi connectivity index (χ0n) is 13.7. The van der Waals surface area contributed by atoms with Crippen LogP contribution in [0.3, 0.4) is 0 Å². The first-order chi connectivity index (χ1) is 9.74. The van der Waals surface area contributed by atoms with Crippen LogP contribution in [0.1, 0.15) is 46.1 Å². The van der Waals surface area contributed by atoms with Crippen LogP contribution in [0.4, 0.5) is 0 Å². The van der Waals surface area contributed by atoms with Gasteiger partial charge in [0.2, 0.25) is 0 Å². The molecule has 1 heterocycles. The van der Waals surface area contributed by atoms with Gasteiger partial charge in [0.1, 0.15) is 17.9 Å². The number of aryl methyl sites for hydroxylation is 1. The third-order valence-electron chi connectivity index (χ3n) is 2.21. The van der Waals surface area contributed by atoms with Crippen LogP contribution in [0.25, 0.3) is 6.08 Å². The summed E-state index contributed by atoms with van der Waals surface area (Å²) >= 11 is 0. The molecule has 0 unspecified atom stereocenters. The van der Waals surface area contributed by atoms with Crippen LogP contribution in [0, 0.1) is 6.92 Å². The van der Waals surface area contributed by atoms with E-state index in [0.29, 0.717) is 11.5 Å². The fourth-order valence-electron chi connectivity index (χ4n) is 1.55. The maximum atomic E-state index is 11.7. The molecule has 0 aromatic carbocycles. The van der Waals surface area contributed by atoms with Crippen molar-refractivity contribution in [2.45, 2.75) is 53.7 Å². The highest BCUT2D eigenvalue weighted by atomic mass is 16.6. The largest absolute Gasteiger partial charge is 0.459 e. The number of hydrogen-bond acceptors (Lipinski definition) is 4. The normalized spacial score (nSPS) is 11.0. The molecule has 0 atom stereocenters. The van der Waals surface area contributed by atoms with Gasteiger partial charge in [-0.3, -0.25) is 9.36 Å². The molecule has 0 aliphatic heterocycles. The van der Waals surface area contributed by atoms with E-state index in [-0.39, 0.29) is 6.54 Å². The number of carbonyl (C=O) groups excluding carboxylic acids is 1. The number of hydrogen-bond donors (Lipinski definition) is 0. The summed E-state index contributed by atoms with van der Waals surface area (Å²) in [7, 11) is 0. The van der Waals surface area contributed by atoms with E-state index in [4.69, 9.17) is 9.15 Å². The van der Waals surface area contributed by atoms with Crippen LogP contribution in [0.2, 0.25) is 0 Å². The van der Waals surface area contributed by atoms with Crippen LogP contribution in [0.15, 0.2) is 27.9 Å². The average molecular weight is 295 g/mol. The maximum absolute atomic E-state index is 11.7. The van der Waals surface area contributed by atoms with Crippen molar-refractivity contribution in [3.05, 3.63) is 40.7 Å². The molecule has 0 amide bonds. The summed E-state index contributed by atoms with van der Waals surface area (Å²) in [5.41, 5.74) is -0.0490. The molecule has 118 valence electrons. The Balaban J connectivity index is 0.00000191. The van der Waals surface area contributed by atoms with E-state index in [1.807, 2.05) is 13.8 Å². The molecule has 0 bridgehead atoms. The molecule has 0 aliphatic rings. The first-order valence-electron chi connectivity index (χ1n) is 6.96. The van der Waals surface area contributed by atoms with Crippen molar-refractivity contribution < 1.29 is 13.9 Å². The quantitative estimate of drug-likeness (QED) is 0.631. The molecule has 1 rings (SSSR count). The SMILES string of the molecule is C=C/C=C\c1c(C)oc(=O)n1CC(=O)OC(C)(C)C.CC. The van der Waals surface area contributed by atoms with Gasteiger partial charge >= 0.3 is 11.7 Å². The van der Waals surface area contributed by atoms with E-state index in [2.05, 4.69) is 6.58 Å². The lowest BCUT2D eigenvalue weighted by molar-refractivity contribution is -0.155. The predicted molar refractivity (Wildman–Crippen MR) is 84.1 cm³/mol. The smallest absolute Gasteiger partial charge is 0.420 e. The molecule has 0 spiro atoms. The van der Waals surface area contributed by atoms with E-state index in [0.717, 1.165) is 0 Å². The van der Waals surface area contributed by atoms with Gasteiger partial charge in [0.05, 0.1) is 5.69 Å². The summed E-state index contributed by atoms with van der Waals surface area (Å²) in [4.78, 5) is 23.4. The molecule has 0 radical (unpaired) electrons. The molecule has 0 saturated carbocycles. The van der Waals surface area contributed by atoms with E-state index >= 15 is 0 Å². The second kappa shape index (κ2) is 8.29. The first-order valence-corrected chi connectivity index (χ1v) is 6.96. The van der Waals surface area contributed by atoms with Crippen molar-refractivity contribution in [1.82, 2.24) is 4.57 Å². The van der Waals surface area contributed by atoms with Gasteiger partial charge in [-0.15, -0.1) is 0 Å². The van der Waals surface area contributed by atoms with Gasteiger partial charge in [0.15, 0.2) is 0 Å². The predicted octanol–water partition coefficient (Wildman–Crippen LogP) is 3.32. The van der Waals surface area contributed by atoms with Crippen LogP contribution < -0.4 is 5.76 Å². The number of rotatable bonds is 4. The molecule has 0 saturated heterocycles. The molecule has 0 N–H and O–H groups in total. The molecular formula is C16H25NO4. The third-order valence-corrected chi connectivity index (χ3v) is 2.21. The highest BCUT2D eigenvalue weighted by molar-refractivity contribution is 5.70. The lowest BCUT2D eigenvalue weighted by Gasteiger charge is -2.19. The molecule has 5 heteroatoms. The zero-order chi connectivity index (χ0) is 16.6. The lowest BCUT2D eigenvalue weighted by Crippen LogP contribution is -2.29. The molecular weight excluding hydrogens is 270 g/mol. The van der Waals surface area contributed by atoms with Crippen molar-refractivity contribution >= 4 is 12.0 Å². The number of nitrogens with zero attached hydrogens (tertiary/aromatic N) is 1. The second-order valence-electron chi connectivity index (χ2n) is 5.08. The molecule has 5 nitrogen and oxygen atoms in total. The molecule has 0 fully saturated rings. The lowest BCUT2D eigenvalue weighted by atomic mass is 10.2. The Hall–Kier alpha value is -2.04. The molecule has 1 aromatic heterocycles. The van der Waals surface area contributed by atoms with E-state index in [1.54, 1.807) is 45.9 Å². The fourth-order valence-corrected chi connectivity index (χ4v) is 1.55. The Morgan fingerprint density at radius 3 is 2.43 bits per heavy atom. The van der Waals surface area contributed by atoms with Gasteiger partial charge in [-0.25, -0.2) is 4.79 Å². The van der Waals surface area contributed by atoms with Crippen molar-refractivity contribution in [3.8, 4) is 0 Å².